The van der Waals surface area contributed by atoms with Gasteiger partial charge in [0.25, 0.3) is 0 Å². The molecule has 0 unspecified atom stereocenters. The van der Waals surface area contributed by atoms with Gasteiger partial charge in [-0.05, 0) is 61.7 Å². The number of nitrogens with two attached hydrogens (primary N) is 1. The van der Waals surface area contributed by atoms with Gasteiger partial charge >= 0.3 is 0 Å². The first-order valence-electron chi connectivity index (χ1n) is 8.39. The minimum Gasteiger partial charge on any atom is -0.494 e. The fourth-order valence-corrected chi connectivity index (χ4v) is 2.33. The Morgan fingerprint density at radius 1 is 1.04 bits per heavy atom. The number of ether oxygens (including phenoxy) is 1. The monoisotopic (exact) mass is 376 g/mol. The number of benzene rings is 2. The number of anilines is 1. The number of carbonyl (C=O) groups is 2. The molecule has 0 bridgehead atoms. The van der Waals surface area contributed by atoms with Crippen molar-refractivity contribution in [3.8, 4) is 5.75 Å². The van der Waals surface area contributed by atoms with Crippen LogP contribution in [0.5, 0.6) is 5.75 Å². The molecule has 0 heterocycles. The summed E-state index contributed by atoms with van der Waals surface area (Å²) >= 11 is 0. The van der Waals surface area contributed by atoms with Crippen LogP contribution in [0.15, 0.2) is 48.5 Å². The van der Waals surface area contributed by atoms with Crippen molar-refractivity contribution in [1.82, 2.24) is 5.32 Å². The summed E-state index contributed by atoms with van der Waals surface area (Å²) < 4.78 is 5.57. The average Bonchev–Trinajstić information content (AvgIpc) is 2.61. The number of carbonyl (C=O) groups excluding carboxylic acids is 2. The van der Waals surface area contributed by atoms with E-state index in [0.717, 1.165) is 17.7 Å². The van der Waals surface area contributed by atoms with Crippen LogP contribution in [0.25, 0.3) is 0 Å². The van der Waals surface area contributed by atoms with E-state index >= 15 is 0 Å². The lowest BCUT2D eigenvalue weighted by atomic mass is 10.1. The van der Waals surface area contributed by atoms with Crippen molar-refractivity contribution in [1.29, 1.82) is 0 Å². The van der Waals surface area contributed by atoms with E-state index in [0.29, 0.717) is 37.3 Å². The fraction of sp³-hybridized carbons (Fsp3) is 0.300. The Kier molecular flexibility index (Phi) is 9.23. The molecule has 2 rings (SSSR count). The third-order valence-electron chi connectivity index (χ3n) is 3.79. The van der Waals surface area contributed by atoms with E-state index in [1.54, 1.807) is 24.3 Å². The molecule has 0 aliphatic heterocycles. The molecule has 0 atom stereocenters. The molecule has 2 aromatic rings. The first kappa shape index (κ1) is 21.5. The fourth-order valence-electron chi connectivity index (χ4n) is 2.33. The molecule has 26 heavy (non-hydrogen) atoms. The van der Waals surface area contributed by atoms with E-state index < -0.39 is 0 Å². The number of nitrogens with one attached hydrogen (secondary N) is 1. The maximum Gasteiger partial charge on any atom is 0.220 e. The number of nitrogen functional groups attached to an aromatic ring is 1. The van der Waals surface area contributed by atoms with Crippen molar-refractivity contribution in [2.75, 3.05) is 18.9 Å². The second-order valence-electron chi connectivity index (χ2n) is 5.87. The molecule has 140 valence electrons. The molecule has 2 aromatic carbocycles. The summed E-state index contributed by atoms with van der Waals surface area (Å²) in [5.74, 6) is 0.752. The molecule has 0 saturated heterocycles. The summed E-state index contributed by atoms with van der Waals surface area (Å²) in [6, 6.07) is 14.7. The van der Waals surface area contributed by atoms with Crippen LogP contribution in [0.2, 0.25) is 0 Å². The van der Waals surface area contributed by atoms with Gasteiger partial charge in [0.15, 0.2) is 5.78 Å². The third kappa shape index (κ3) is 7.57. The van der Waals surface area contributed by atoms with Crippen LogP contribution in [0.1, 0.15) is 35.7 Å². The van der Waals surface area contributed by atoms with Gasteiger partial charge < -0.3 is 15.8 Å². The molecule has 6 heteroatoms. The van der Waals surface area contributed by atoms with E-state index in [4.69, 9.17) is 10.5 Å². The van der Waals surface area contributed by atoms with Crippen LogP contribution >= 0.6 is 12.4 Å². The van der Waals surface area contributed by atoms with E-state index in [2.05, 4.69) is 5.32 Å². The molecule has 0 saturated carbocycles. The van der Waals surface area contributed by atoms with Gasteiger partial charge in [0.05, 0.1) is 6.61 Å². The summed E-state index contributed by atoms with van der Waals surface area (Å²) in [6.45, 7) is 2.60. The van der Waals surface area contributed by atoms with E-state index in [9.17, 15) is 9.59 Å². The Morgan fingerprint density at radius 2 is 1.69 bits per heavy atom. The summed E-state index contributed by atoms with van der Waals surface area (Å²) in [5, 5.41) is 2.90. The smallest absolute Gasteiger partial charge is 0.220 e. The molecule has 3 N–H and O–H groups in total. The number of ketones is 1. The quantitative estimate of drug-likeness (QED) is 0.399. The predicted molar refractivity (Wildman–Crippen MR) is 106 cm³/mol. The Bertz CT molecular complexity index is 700. The van der Waals surface area contributed by atoms with Crippen molar-refractivity contribution in [3.63, 3.8) is 0 Å². The van der Waals surface area contributed by atoms with Crippen LogP contribution in [0.4, 0.5) is 5.69 Å². The Morgan fingerprint density at radius 3 is 2.31 bits per heavy atom. The zero-order valence-corrected chi connectivity index (χ0v) is 15.7. The molecule has 0 aromatic heterocycles. The first-order valence-corrected chi connectivity index (χ1v) is 8.39. The second kappa shape index (κ2) is 11.2. The lowest BCUT2D eigenvalue weighted by molar-refractivity contribution is -0.121. The molecule has 0 fully saturated rings. The van der Waals surface area contributed by atoms with Crippen molar-refractivity contribution < 1.29 is 14.3 Å². The van der Waals surface area contributed by atoms with Crippen molar-refractivity contribution in [3.05, 3.63) is 59.7 Å². The molecular weight excluding hydrogens is 352 g/mol. The van der Waals surface area contributed by atoms with Crippen LogP contribution in [0, 0.1) is 0 Å². The first-order chi connectivity index (χ1) is 12.0. The van der Waals surface area contributed by atoms with Crippen LogP contribution in [-0.4, -0.2) is 24.8 Å². The molecule has 0 radical (unpaired) electrons. The summed E-state index contributed by atoms with van der Waals surface area (Å²) in [4.78, 5) is 23.0. The molecule has 1 amide bonds. The average molecular weight is 377 g/mol. The van der Waals surface area contributed by atoms with Gasteiger partial charge in [-0.1, -0.05) is 12.1 Å². The maximum absolute atomic E-state index is 11.8. The standard InChI is InChI=1S/C20H24N2O3.ClH/c1-15(23)17-6-10-19(11-7-17)25-14-2-3-20(24)22-13-12-16-4-8-18(21)9-5-16;/h4-11H,2-3,12-14,21H2,1H3,(H,22,24);1H. The number of halogens is 1. The van der Waals surface area contributed by atoms with Gasteiger partial charge in [-0.15, -0.1) is 12.4 Å². The maximum atomic E-state index is 11.8. The van der Waals surface area contributed by atoms with Gasteiger partial charge in [-0.3, -0.25) is 9.59 Å². The molecule has 0 aliphatic rings. The van der Waals surface area contributed by atoms with E-state index in [1.165, 1.54) is 6.92 Å². The minimum atomic E-state index is 0. The van der Waals surface area contributed by atoms with Crippen LogP contribution in [0.3, 0.4) is 0 Å². The highest BCUT2D eigenvalue weighted by atomic mass is 35.5. The molecular formula is C20H25ClN2O3. The molecule has 0 spiro atoms. The largest absolute Gasteiger partial charge is 0.494 e. The number of hydrogen-bond donors (Lipinski definition) is 2. The second-order valence-corrected chi connectivity index (χ2v) is 5.87. The topological polar surface area (TPSA) is 81.4 Å². The summed E-state index contributed by atoms with van der Waals surface area (Å²) in [6.07, 6.45) is 1.85. The Hall–Kier alpha value is -2.53. The van der Waals surface area contributed by atoms with Gasteiger partial charge in [-0.2, -0.15) is 0 Å². The number of hydrogen-bond acceptors (Lipinski definition) is 4. The number of amides is 1. The van der Waals surface area contributed by atoms with Gasteiger partial charge in [0, 0.05) is 24.2 Å². The lowest BCUT2D eigenvalue weighted by Crippen LogP contribution is -2.25. The molecule has 0 aliphatic carbocycles. The van der Waals surface area contributed by atoms with Crippen LogP contribution in [-0.2, 0) is 11.2 Å². The third-order valence-corrected chi connectivity index (χ3v) is 3.79. The summed E-state index contributed by atoms with van der Waals surface area (Å²) in [7, 11) is 0. The van der Waals surface area contributed by atoms with Crippen molar-refractivity contribution in [2.45, 2.75) is 26.2 Å². The zero-order chi connectivity index (χ0) is 18.1. The van der Waals surface area contributed by atoms with Crippen LogP contribution < -0.4 is 15.8 Å². The highest BCUT2D eigenvalue weighted by Crippen LogP contribution is 2.13. The van der Waals surface area contributed by atoms with Gasteiger partial charge in [0.2, 0.25) is 5.91 Å². The number of rotatable bonds is 9. The lowest BCUT2D eigenvalue weighted by Gasteiger charge is -2.08. The van der Waals surface area contributed by atoms with Crippen molar-refractivity contribution >= 4 is 29.8 Å². The van der Waals surface area contributed by atoms with Gasteiger partial charge in [-0.25, -0.2) is 0 Å². The number of Topliss-reactive ketones (excluding diaryl/α,β-unsaturated/α-hetero) is 1. The predicted octanol–water partition coefficient (Wildman–Crippen LogP) is 3.41. The zero-order valence-electron chi connectivity index (χ0n) is 14.9. The van der Waals surface area contributed by atoms with E-state index in [1.807, 2.05) is 24.3 Å². The Labute approximate surface area is 160 Å². The summed E-state index contributed by atoms with van der Waals surface area (Å²) in [5.41, 5.74) is 8.18. The normalized spacial score (nSPS) is 9.88. The minimum absolute atomic E-state index is 0. The molecule has 5 nitrogen and oxygen atoms in total. The van der Waals surface area contributed by atoms with Gasteiger partial charge in [0.1, 0.15) is 5.75 Å². The van der Waals surface area contributed by atoms with Crippen molar-refractivity contribution in [2.24, 2.45) is 0 Å². The van der Waals surface area contributed by atoms with E-state index in [-0.39, 0.29) is 24.1 Å². The highest BCUT2D eigenvalue weighted by Gasteiger charge is 2.03. The Balaban J connectivity index is 0.00000338. The highest BCUT2D eigenvalue weighted by molar-refractivity contribution is 5.94. The SMILES string of the molecule is CC(=O)c1ccc(OCCCC(=O)NCCc2ccc(N)cc2)cc1.Cl.